The van der Waals surface area contributed by atoms with Crippen molar-refractivity contribution in [1.29, 1.82) is 0 Å². The number of hydrogen-bond acceptors (Lipinski definition) is 4. The monoisotopic (exact) mass is 492 g/mol. The van der Waals surface area contributed by atoms with Crippen LogP contribution in [0, 0.1) is 5.92 Å². The third-order valence-electron chi connectivity index (χ3n) is 6.30. The molecular weight excluding hydrogens is 456 g/mol. The summed E-state index contributed by atoms with van der Waals surface area (Å²) in [5.41, 5.74) is 4.19. The van der Waals surface area contributed by atoms with Gasteiger partial charge in [-0.1, -0.05) is 31.7 Å². The Morgan fingerprint density at radius 2 is 1.86 bits per heavy atom. The van der Waals surface area contributed by atoms with Gasteiger partial charge in [-0.25, -0.2) is 0 Å². The number of aromatic nitrogens is 1. The van der Waals surface area contributed by atoms with E-state index in [2.05, 4.69) is 80.9 Å². The van der Waals surface area contributed by atoms with Crippen molar-refractivity contribution < 1.29 is 14.6 Å². The van der Waals surface area contributed by atoms with E-state index in [4.69, 9.17) is 4.74 Å². The maximum absolute atomic E-state index is 11.6. The van der Waals surface area contributed by atoms with Crippen LogP contribution >= 0.6 is 11.8 Å². The van der Waals surface area contributed by atoms with Gasteiger partial charge in [-0.2, -0.15) is 0 Å². The summed E-state index contributed by atoms with van der Waals surface area (Å²) in [5, 5.41) is 10.6. The van der Waals surface area contributed by atoms with Crippen molar-refractivity contribution in [2.75, 3.05) is 19.7 Å². The molecule has 0 unspecified atom stereocenters. The Balaban J connectivity index is 1.62. The highest BCUT2D eigenvalue weighted by atomic mass is 32.2. The number of H-pyrrole nitrogens is 1. The number of ether oxygens (including phenoxy) is 1. The fourth-order valence-corrected chi connectivity index (χ4v) is 5.31. The van der Waals surface area contributed by atoms with Crippen molar-refractivity contribution in [2.45, 2.75) is 62.8 Å². The average Bonchev–Trinajstić information content (AvgIpc) is 3.14. The van der Waals surface area contributed by atoms with Crippen LogP contribution in [0.3, 0.4) is 0 Å². The summed E-state index contributed by atoms with van der Waals surface area (Å²) in [5.74, 6) is 0.561. The second kappa shape index (κ2) is 10.5. The standard InChI is InChI=1S/C29H36N2O3S/c1-19(2)18-34-21-6-8-22(9-7-21)35-23-10-11-25-24(16-23)28(26(30-25)17-27(32)33)20-12-14-31(15-13-20)29(3,4)5/h6-12,16,19,30H,13-15,17-18H2,1-5H3,(H,32,33). The molecule has 2 heterocycles. The van der Waals surface area contributed by atoms with Crippen LogP contribution in [0.1, 0.15) is 52.3 Å². The SMILES string of the molecule is CC(C)COc1ccc(Sc2ccc3[nH]c(CC(=O)O)c(C4=CCN(C(C)(C)C)CC4)c3c2)cc1. The number of carboxylic acid groups (broad SMARTS) is 1. The number of fused-ring (bicyclic) bond motifs is 1. The van der Waals surface area contributed by atoms with Crippen molar-refractivity contribution in [2.24, 2.45) is 5.92 Å². The Hall–Kier alpha value is -2.70. The van der Waals surface area contributed by atoms with Gasteiger partial charge in [0, 0.05) is 50.6 Å². The first-order valence-corrected chi connectivity index (χ1v) is 13.1. The van der Waals surface area contributed by atoms with Gasteiger partial charge >= 0.3 is 5.97 Å². The molecule has 1 aromatic heterocycles. The smallest absolute Gasteiger partial charge is 0.309 e. The molecule has 2 aromatic carbocycles. The topological polar surface area (TPSA) is 65.6 Å². The first kappa shape index (κ1) is 25.4. The number of hydrogen-bond donors (Lipinski definition) is 2. The van der Waals surface area contributed by atoms with Crippen molar-refractivity contribution in [1.82, 2.24) is 9.88 Å². The van der Waals surface area contributed by atoms with Gasteiger partial charge in [0.25, 0.3) is 0 Å². The zero-order valence-electron chi connectivity index (χ0n) is 21.4. The lowest BCUT2D eigenvalue weighted by Gasteiger charge is -2.37. The third-order valence-corrected chi connectivity index (χ3v) is 7.29. The van der Waals surface area contributed by atoms with Crippen molar-refractivity contribution in [3.05, 3.63) is 59.8 Å². The number of aliphatic carboxylic acids is 1. The second-order valence-corrected chi connectivity index (χ2v) is 11.8. The molecule has 0 fully saturated rings. The second-order valence-electron chi connectivity index (χ2n) is 10.6. The molecule has 4 rings (SSSR count). The zero-order valence-corrected chi connectivity index (χ0v) is 22.2. The molecular formula is C29H36N2O3S. The Labute approximate surface area is 212 Å². The predicted octanol–water partition coefficient (Wildman–Crippen LogP) is 6.87. The molecule has 0 spiro atoms. The normalized spacial score (nSPS) is 15.0. The molecule has 0 aliphatic carbocycles. The van der Waals surface area contributed by atoms with Crippen LogP contribution in [0.15, 0.2) is 58.3 Å². The molecule has 2 N–H and O–H groups in total. The molecule has 0 atom stereocenters. The number of rotatable bonds is 8. The van der Waals surface area contributed by atoms with Gasteiger partial charge in [0.05, 0.1) is 13.0 Å². The number of benzene rings is 2. The van der Waals surface area contributed by atoms with Crippen LogP contribution < -0.4 is 4.74 Å². The number of aromatic amines is 1. The highest BCUT2D eigenvalue weighted by molar-refractivity contribution is 7.99. The van der Waals surface area contributed by atoms with Crippen LogP contribution in [0.2, 0.25) is 0 Å². The van der Waals surface area contributed by atoms with Gasteiger partial charge in [-0.05, 0) is 81.1 Å². The number of nitrogens with one attached hydrogen (secondary N) is 1. The summed E-state index contributed by atoms with van der Waals surface area (Å²) in [6.45, 7) is 13.5. The molecule has 1 aliphatic rings. The van der Waals surface area contributed by atoms with Gasteiger partial charge in [0.2, 0.25) is 0 Å². The molecule has 186 valence electrons. The summed E-state index contributed by atoms with van der Waals surface area (Å²) in [7, 11) is 0. The molecule has 1 aliphatic heterocycles. The Morgan fingerprint density at radius 3 is 2.46 bits per heavy atom. The predicted molar refractivity (Wildman–Crippen MR) is 144 cm³/mol. The molecule has 0 amide bonds. The zero-order chi connectivity index (χ0) is 25.2. The fourth-order valence-electron chi connectivity index (χ4n) is 4.45. The van der Waals surface area contributed by atoms with Gasteiger partial charge < -0.3 is 14.8 Å². The van der Waals surface area contributed by atoms with Crippen LogP contribution in [0.4, 0.5) is 0 Å². The summed E-state index contributed by atoms with van der Waals surface area (Å²) in [4.78, 5) is 19.7. The van der Waals surface area contributed by atoms with E-state index in [9.17, 15) is 9.90 Å². The van der Waals surface area contributed by atoms with Crippen molar-refractivity contribution in [3.63, 3.8) is 0 Å². The first-order chi connectivity index (χ1) is 16.6. The lowest BCUT2D eigenvalue weighted by molar-refractivity contribution is -0.136. The van der Waals surface area contributed by atoms with E-state index in [1.807, 2.05) is 12.1 Å². The van der Waals surface area contributed by atoms with E-state index < -0.39 is 5.97 Å². The summed E-state index contributed by atoms with van der Waals surface area (Å²) < 4.78 is 5.81. The van der Waals surface area contributed by atoms with Gasteiger partial charge in [-0.3, -0.25) is 9.69 Å². The van der Waals surface area contributed by atoms with Crippen LogP contribution in [0.5, 0.6) is 5.75 Å². The Bertz CT molecular complexity index is 1220. The highest BCUT2D eigenvalue weighted by Gasteiger charge is 2.26. The van der Waals surface area contributed by atoms with E-state index in [1.54, 1.807) is 11.8 Å². The minimum atomic E-state index is -0.820. The molecule has 35 heavy (non-hydrogen) atoms. The number of nitrogens with zero attached hydrogens (tertiary/aromatic N) is 1. The summed E-state index contributed by atoms with van der Waals surface area (Å²) in [6, 6.07) is 14.6. The Kier molecular flexibility index (Phi) is 7.62. The third kappa shape index (κ3) is 6.30. The minimum Gasteiger partial charge on any atom is -0.493 e. The van der Waals surface area contributed by atoms with Gasteiger partial charge in [0.15, 0.2) is 0 Å². The fraction of sp³-hybridized carbons (Fsp3) is 0.414. The van der Waals surface area contributed by atoms with E-state index in [1.165, 1.54) is 5.57 Å². The van der Waals surface area contributed by atoms with Crippen LogP contribution in [0.25, 0.3) is 16.5 Å². The average molecular weight is 493 g/mol. The first-order valence-electron chi connectivity index (χ1n) is 12.3. The van der Waals surface area contributed by atoms with Gasteiger partial charge in [0.1, 0.15) is 5.75 Å². The number of carbonyl (C=O) groups is 1. The lowest BCUT2D eigenvalue weighted by Crippen LogP contribution is -2.43. The maximum atomic E-state index is 11.6. The molecule has 0 bridgehead atoms. The van der Waals surface area contributed by atoms with E-state index in [0.717, 1.165) is 57.2 Å². The molecule has 0 saturated heterocycles. The quantitative estimate of drug-likeness (QED) is 0.359. The molecule has 5 nitrogen and oxygen atoms in total. The maximum Gasteiger partial charge on any atom is 0.309 e. The summed E-state index contributed by atoms with van der Waals surface area (Å²) >= 11 is 1.70. The number of carboxylic acids is 1. The highest BCUT2D eigenvalue weighted by Crippen LogP contribution is 2.37. The lowest BCUT2D eigenvalue weighted by atomic mass is 9.93. The molecule has 0 saturated carbocycles. The van der Waals surface area contributed by atoms with Gasteiger partial charge in [-0.15, -0.1) is 0 Å². The molecule has 3 aromatic rings. The van der Waals surface area contributed by atoms with Crippen LogP contribution in [-0.2, 0) is 11.2 Å². The van der Waals surface area contributed by atoms with Crippen molar-refractivity contribution >= 4 is 34.2 Å². The summed E-state index contributed by atoms with van der Waals surface area (Å²) in [6.07, 6.45) is 3.18. The minimum absolute atomic E-state index is 0.00927. The molecule has 0 radical (unpaired) electrons. The van der Waals surface area contributed by atoms with Crippen molar-refractivity contribution in [3.8, 4) is 5.75 Å². The largest absolute Gasteiger partial charge is 0.493 e. The van der Waals surface area contributed by atoms with E-state index in [0.29, 0.717) is 12.5 Å². The van der Waals surface area contributed by atoms with E-state index in [-0.39, 0.29) is 12.0 Å². The van der Waals surface area contributed by atoms with E-state index >= 15 is 0 Å². The molecule has 6 heteroatoms. The Morgan fingerprint density at radius 1 is 1.14 bits per heavy atom. The van der Waals surface area contributed by atoms with Crippen LogP contribution in [-0.4, -0.2) is 46.2 Å².